The van der Waals surface area contributed by atoms with Crippen molar-refractivity contribution in [2.45, 2.75) is 13.0 Å². The molecule has 2 saturated carbocycles. The zero-order chi connectivity index (χ0) is 19.0. The normalized spacial score (nSPS) is 35.1. The molecular weight excluding hydrogens is 350 g/mol. The Bertz CT molecular complexity index is 1060. The average molecular weight is 371 g/mol. The summed E-state index contributed by atoms with van der Waals surface area (Å²) in [7, 11) is 0. The molecule has 140 valence electrons. The number of imide groups is 1. The quantitative estimate of drug-likeness (QED) is 0.471. The summed E-state index contributed by atoms with van der Waals surface area (Å²) in [5, 5.41) is 6.58. The smallest absolute Gasteiger partial charge is 0.254 e. The highest BCUT2D eigenvalue weighted by Crippen LogP contribution is 2.65. The van der Waals surface area contributed by atoms with Gasteiger partial charge in [0.1, 0.15) is 0 Å². The fourth-order valence-corrected chi connectivity index (χ4v) is 5.84. The molecular formula is C23H21N3O2. The van der Waals surface area contributed by atoms with Crippen LogP contribution in [0.25, 0.3) is 10.9 Å². The number of rotatable bonds is 4. The Morgan fingerprint density at radius 2 is 1.75 bits per heavy atom. The molecule has 5 aliphatic rings. The van der Waals surface area contributed by atoms with Crippen LogP contribution in [0.2, 0.25) is 0 Å². The van der Waals surface area contributed by atoms with Crippen LogP contribution in [-0.2, 0) is 16.1 Å². The molecule has 28 heavy (non-hydrogen) atoms. The van der Waals surface area contributed by atoms with Crippen LogP contribution in [-0.4, -0.2) is 27.6 Å². The standard InChI is InChI=1S/C23H21N3O2/c1-2-9-25-12-13(14-5-3-4-6-19(14)25)11-24-26-22(27)20-15-7-8-16(18-10-17(15)18)21(20)23(26)28/h2-8,11-12,15-18,20-21H,1,9-10H2/b24-11-/t15-,16-,17-,18+,20+,21+/m0/s1. The molecule has 1 saturated heterocycles. The van der Waals surface area contributed by atoms with Gasteiger partial charge in [-0.05, 0) is 36.2 Å². The summed E-state index contributed by atoms with van der Waals surface area (Å²) in [6, 6.07) is 8.05. The zero-order valence-electron chi connectivity index (χ0n) is 15.4. The molecule has 4 aliphatic carbocycles. The minimum atomic E-state index is -0.203. The Hall–Kier alpha value is -2.95. The fraction of sp³-hybridized carbons (Fsp3) is 0.348. The molecule has 2 bridgehead atoms. The predicted octanol–water partition coefficient (Wildman–Crippen LogP) is 3.21. The molecule has 5 heteroatoms. The first-order valence-electron chi connectivity index (χ1n) is 9.98. The lowest BCUT2D eigenvalue weighted by molar-refractivity contribution is -0.140. The van der Waals surface area contributed by atoms with Gasteiger partial charge in [-0.1, -0.05) is 36.4 Å². The SMILES string of the molecule is C=CCn1cc(/C=N\N2C(=O)[C@@H]3[C@H]4C=C[C@@H]([C@@H]5C[C@H]45)[C@H]3C2=O)c2ccccc21. The maximum atomic E-state index is 13.0. The Morgan fingerprint density at radius 3 is 2.43 bits per heavy atom. The van der Waals surface area contributed by atoms with Crippen molar-refractivity contribution in [1.29, 1.82) is 0 Å². The summed E-state index contributed by atoms with van der Waals surface area (Å²) in [5.74, 6) is 1.02. The molecule has 2 heterocycles. The van der Waals surface area contributed by atoms with Crippen LogP contribution in [0.3, 0.4) is 0 Å². The first-order chi connectivity index (χ1) is 13.7. The molecule has 3 fully saturated rings. The average Bonchev–Trinajstić information content (AvgIpc) is 3.42. The van der Waals surface area contributed by atoms with Gasteiger partial charge in [0.2, 0.25) is 0 Å². The van der Waals surface area contributed by atoms with Crippen molar-refractivity contribution in [1.82, 2.24) is 9.58 Å². The molecule has 0 N–H and O–H groups in total. The summed E-state index contributed by atoms with van der Waals surface area (Å²) in [5.41, 5.74) is 1.98. The Labute approximate surface area is 163 Å². The van der Waals surface area contributed by atoms with E-state index in [9.17, 15) is 9.59 Å². The summed E-state index contributed by atoms with van der Waals surface area (Å²) in [6.45, 7) is 4.51. The third kappa shape index (κ3) is 1.99. The fourth-order valence-electron chi connectivity index (χ4n) is 5.84. The second kappa shape index (κ2) is 5.53. The van der Waals surface area contributed by atoms with Gasteiger partial charge in [0.25, 0.3) is 11.8 Å². The molecule has 5 nitrogen and oxygen atoms in total. The van der Waals surface area contributed by atoms with Crippen LogP contribution in [0.15, 0.2) is 60.4 Å². The molecule has 0 spiro atoms. The first kappa shape index (κ1) is 16.0. The van der Waals surface area contributed by atoms with E-state index in [1.54, 1.807) is 6.21 Å². The van der Waals surface area contributed by atoms with Crippen LogP contribution in [0.4, 0.5) is 0 Å². The van der Waals surface area contributed by atoms with Crippen molar-refractivity contribution in [2.75, 3.05) is 0 Å². The lowest BCUT2D eigenvalue weighted by Gasteiger charge is -2.37. The van der Waals surface area contributed by atoms with Crippen LogP contribution in [0.1, 0.15) is 12.0 Å². The lowest BCUT2D eigenvalue weighted by atomic mass is 9.63. The Morgan fingerprint density at radius 1 is 1.07 bits per heavy atom. The number of hydrogen-bond donors (Lipinski definition) is 0. The number of benzene rings is 1. The van der Waals surface area contributed by atoms with Crippen molar-refractivity contribution in [2.24, 2.45) is 40.6 Å². The summed E-state index contributed by atoms with van der Waals surface area (Å²) in [6.07, 6.45) is 11.0. The van der Waals surface area contributed by atoms with E-state index >= 15 is 0 Å². The summed E-state index contributed by atoms with van der Waals surface area (Å²) < 4.78 is 2.09. The monoisotopic (exact) mass is 371 g/mol. The molecule has 7 rings (SSSR count). The Balaban J connectivity index is 1.34. The van der Waals surface area contributed by atoms with Crippen LogP contribution < -0.4 is 0 Å². The van der Waals surface area contributed by atoms with Gasteiger partial charge < -0.3 is 4.57 Å². The van der Waals surface area contributed by atoms with Crippen molar-refractivity contribution in [3.63, 3.8) is 0 Å². The van der Waals surface area contributed by atoms with Gasteiger partial charge in [0.15, 0.2) is 0 Å². The first-order valence-corrected chi connectivity index (χ1v) is 9.98. The molecule has 2 aromatic rings. The maximum absolute atomic E-state index is 13.0. The number of hydrogen-bond acceptors (Lipinski definition) is 3. The number of aromatic nitrogens is 1. The lowest BCUT2D eigenvalue weighted by Crippen LogP contribution is -2.40. The molecule has 0 unspecified atom stereocenters. The topological polar surface area (TPSA) is 54.7 Å². The summed E-state index contributed by atoms with van der Waals surface area (Å²) in [4.78, 5) is 26.1. The molecule has 0 radical (unpaired) electrons. The van der Waals surface area contributed by atoms with E-state index in [1.165, 1.54) is 6.42 Å². The number of para-hydroxylation sites is 1. The number of amides is 2. The minimum Gasteiger partial charge on any atom is -0.343 e. The highest BCUT2D eigenvalue weighted by atomic mass is 16.2. The molecule has 6 atom stereocenters. The van der Waals surface area contributed by atoms with Crippen molar-refractivity contribution in [3.8, 4) is 0 Å². The minimum absolute atomic E-state index is 0.120. The summed E-state index contributed by atoms with van der Waals surface area (Å²) >= 11 is 0. The van der Waals surface area contributed by atoms with Gasteiger partial charge in [-0.2, -0.15) is 10.1 Å². The van der Waals surface area contributed by atoms with E-state index in [1.807, 2.05) is 36.5 Å². The van der Waals surface area contributed by atoms with Crippen molar-refractivity contribution < 1.29 is 9.59 Å². The predicted molar refractivity (Wildman–Crippen MR) is 106 cm³/mol. The second-order valence-corrected chi connectivity index (χ2v) is 8.43. The largest absolute Gasteiger partial charge is 0.343 e. The van der Waals surface area contributed by atoms with E-state index in [4.69, 9.17) is 0 Å². The van der Waals surface area contributed by atoms with Crippen LogP contribution >= 0.6 is 0 Å². The van der Waals surface area contributed by atoms with Gasteiger partial charge in [-0.3, -0.25) is 9.59 Å². The van der Waals surface area contributed by atoms with Gasteiger partial charge in [-0.25, -0.2) is 0 Å². The highest BCUT2D eigenvalue weighted by Gasteiger charge is 2.67. The third-order valence-electron chi connectivity index (χ3n) is 7.10. The van der Waals surface area contributed by atoms with E-state index in [-0.39, 0.29) is 35.5 Å². The molecule has 1 aromatic carbocycles. The molecule has 1 aliphatic heterocycles. The van der Waals surface area contributed by atoms with Gasteiger partial charge in [0, 0.05) is 29.2 Å². The molecule has 2 amide bonds. The number of nitrogens with zero attached hydrogens (tertiary/aromatic N) is 3. The number of carbonyl (C=O) groups excluding carboxylic acids is 2. The number of allylic oxidation sites excluding steroid dienone is 3. The number of hydrazone groups is 1. The van der Waals surface area contributed by atoms with Gasteiger partial charge in [-0.15, -0.1) is 6.58 Å². The highest BCUT2D eigenvalue weighted by molar-refractivity contribution is 6.07. The van der Waals surface area contributed by atoms with E-state index in [0.29, 0.717) is 18.4 Å². The van der Waals surface area contributed by atoms with E-state index in [0.717, 1.165) is 21.5 Å². The molecule has 1 aromatic heterocycles. The van der Waals surface area contributed by atoms with Gasteiger partial charge >= 0.3 is 0 Å². The third-order valence-corrected chi connectivity index (χ3v) is 7.10. The maximum Gasteiger partial charge on any atom is 0.254 e. The van der Waals surface area contributed by atoms with Crippen molar-refractivity contribution >= 4 is 28.9 Å². The second-order valence-electron chi connectivity index (χ2n) is 8.43. The van der Waals surface area contributed by atoms with Crippen LogP contribution in [0, 0.1) is 35.5 Å². The van der Waals surface area contributed by atoms with Crippen molar-refractivity contribution in [3.05, 3.63) is 60.8 Å². The van der Waals surface area contributed by atoms with E-state index < -0.39 is 0 Å². The van der Waals surface area contributed by atoms with Gasteiger partial charge in [0.05, 0.1) is 18.1 Å². The number of fused-ring (bicyclic) bond motifs is 1. The zero-order valence-corrected chi connectivity index (χ0v) is 15.4. The van der Waals surface area contributed by atoms with Crippen LogP contribution in [0.5, 0.6) is 0 Å². The number of carbonyl (C=O) groups is 2. The van der Waals surface area contributed by atoms with E-state index in [2.05, 4.69) is 28.4 Å². The Kier molecular flexibility index (Phi) is 3.17.